The number of primary amides is 1. The highest BCUT2D eigenvalue weighted by molar-refractivity contribution is 8.06. The molecule has 150 valence electrons. The maximum Gasteiger partial charge on any atom is 0.418 e. The predicted molar refractivity (Wildman–Crippen MR) is 105 cm³/mol. The van der Waals surface area contributed by atoms with Crippen LogP contribution in [0.15, 0.2) is 27.5 Å². The van der Waals surface area contributed by atoms with Gasteiger partial charge in [0.1, 0.15) is 10.4 Å². The smallest absolute Gasteiger partial charge is 0.365 e. The van der Waals surface area contributed by atoms with Gasteiger partial charge >= 0.3 is 6.18 Å². The minimum absolute atomic E-state index is 0.121. The average Bonchev–Trinajstić information content (AvgIpc) is 2.97. The molecule has 2 heterocycles. The van der Waals surface area contributed by atoms with E-state index in [9.17, 15) is 22.8 Å². The number of nitrogens with zero attached hydrogens (tertiary/aromatic N) is 1. The monoisotopic (exact) mass is 451 g/mol. The molecule has 0 bridgehead atoms. The number of H-pyrrole nitrogens is 1. The zero-order chi connectivity index (χ0) is 20.8. The molecule has 0 spiro atoms. The van der Waals surface area contributed by atoms with Gasteiger partial charge in [0.2, 0.25) is 5.43 Å². The van der Waals surface area contributed by atoms with Crippen molar-refractivity contribution in [2.24, 2.45) is 5.73 Å². The Morgan fingerprint density at radius 3 is 2.61 bits per heavy atom. The summed E-state index contributed by atoms with van der Waals surface area (Å²) in [5.41, 5.74) is 2.67. The summed E-state index contributed by atoms with van der Waals surface area (Å²) in [5.74, 6) is -1.06. The maximum atomic E-state index is 13.6. The zero-order valence-corrected chi connectivity index (χ0v) is 16.7. The highest BCUT2D eigenvalue weighted by Gasteiger charge is 2.41. The summed E-state index contributed by atoms with van der Waals surface area (Å²) in [7, 11) is 1.71. The van der Waals surface area contributed by atoms with Crippen LogP contribution >= 0.6 is 35.0 Å². The topological polar surface area (TPSA) is 79.2 Å². The van der Waals surface area contributed by atoms with Crippen molar-refractivity contribution in [3.05, 3.63) is 55.5 Å². The summed E-state index contributed by atoms with van der Waals surface area (Å²) < 4.78 is 40.8. The van der Waals surface area contributed by atoms with E-state index in [1.807, 2.05) is 0 Å². The number of amides is 1. The molecule has 0 radical (unpaired) electrons. The molecule has 1 aromatic rings. The molecule has 0 saturated heterocycles. The maximum absolute atomic E-state index is 13.6. The van der Waals surface area contributed by atoms with Crippen LogP contribution in [0.25, 0.3) is 11.1 Å². The van der Waals surface area contributed by atoms with E-state index in [0.29, 0.717) is 10.6 Å². The molecular weight excluding hydrogens is 438 g/mol. The van der Waals surface area contributed by atoms with Crippen LogP contribution < -0.4 is 11.2 Å². The van der Waals surface area contributed by atoms with Crippen molar-refractivity contribution in [3.8, 4) is 0 Å². The number of carbonyl (C=O) groups excluding carboxylic acids is 1. The van der Waals surface area contributed by atoms with E-state index in [0.717, 1.165) is 6.08 Å². The lowest BCUT2D eigenvalue weighted by atomic mass is 9.88. The fourth-order valence-electron chi connectivity index (χ4n) is 3.19. The molecule has 1 aliphatic heterocycles. The van der Waals surface area contributed by atoms with Gasteiger partial charge in [-0.1, -0.05) is 17.8 Å². The van der Waals surface area contributed by atoms with Crippen LogP contribution in [0.1, 0.15) is 33.7 Å². The number of pyridine rings is 1. The van der Waals surface area contributed by atoms with Gasteiger partial charge in [-0.05, 0) is 17.4 Å². The van der Waals surface area contributed by atoms with Crippen LogP contribution in [0, 0.1) is 0 Å². The number of nitrogens with two attached hydrogens (primary N) is 1. The molecule has 0 aromatic carbocycles. The zero-order valence-electron chi connectivity index (χ0n) is 14.4. The molecule has 11 heteroatoms. The summed E-state index contributed by atoms with van der Waals surface area (Å²) >= 11 is 12.7. The van der Waals surface area contributed by atoms with Crippen molar-refractivity contribution < 1.29 is 18.0 Å². The van der Waals surface area contributed by atoms with Crippen LogP contribution in [0.3, 0.4) is 0 Å². The van der Waals surface area contributed by atoms with Crippen LogP contribution in [0.4, 0.5) is 13.2 Å². The SMILES string of the molecule is CN1C=CSC1=C1CC=C(C(F)(F)F)c2[nH]c(CC(Cl)Cl)c(C(N)=O)c(=O)c21. The molecular formula is C17H14Cl2F3N3O2S. The molecule has 0 atom stereocenters. The van der Waals surface area contributed by atoms with Crippen LogP contribution in [-0.4, -0.2) is 33.9 Å². The van der Waals surface area contributed by atoms with E-state index in [-0.39, 0.29) is 24.1 Å². The first-order valence-electron chi connectivity index (χ1n) is 7.96. The standard InChI is InChI=1S/C17H14Cl2F3N3O2S/c1-25-4-5-28-16(25)7-2-3-8(17(20,21)22)13-11(7)14(26)12(15(23)27)9(24-13)6-10(18)19/h3-5,10H,2,6H2,1H3,(H2,23,27)(H,24,26). The Hall–Kier alpha value is -1.84. The number of thioether (sulfide) groups is 1. The first-order chi connectivity index (χ1) is 13.0. The minimum Gasteiger partial charge on any atom is -0.365 e. The van der Waals surface area contributed by atoms with E-state index in [2.05, 4.69) is 4.98 Å². The number of aromatic amines is 1. The molecule has 0 unspecified atom stereocenters. The number of hydrogen-bond donors (Lipinski definition) is 2. The number of aromatic nitrogens is 1. The number of nitrogens with one attached hydrogen (secondary N) is 1. The Morgan fingerprint density at radius 2 is 2.11 bits per heavy atom. The molecule has 0 saturated carbocycles. The van der Waals surface area contributed by atoms with Gasteiger partial charge in [0.15, 0.2) is 0 Å². The van der Waals surface area contributed by atoms with E-state index in [1.165, 1.54) is 11.8 Å². The first kappa shape index (κ1) is 20.9. The molecule has 3 rings (SSSR count). The van der Waals surface area contributed by atoms with Gasteiger partial charge < -0.3 is 15.6 Å². The number of allylic oxidation sites excluding steroid dienone is 3. The Bertz CT molecular complexity index is 997. The molecule has 28 heavy (non-hydrogen) atoms. The molecule has 2 aliphatic rings. The van der Waals surface area contributed by atoms with Gasteiger partial charge in [0, 0.05) is 25.4 Å². The quantitative estimate of drug-likeness (QED) is 0.680. The van der Waals surface area contributed by atoms with Crippen LogP contribution in [-0.2, 0) is 6.42 Å². The Morgan fingerprint density at radius 1 is 1.43 bits per heavy atom. The number of halogens is 5. The van der Waals surface area contributed by atoms with Crippen LogP contribution in [0.5, 0.6) is 0 Å². The normalized spacial score (nSPS) is 19.2. The van der Waals surface area contributed by atoms with Crippen molar-refractivity contribution in [2.75, 3.05) is 7.05 Å². The number of alkyl halides is 5. The fourth-order valence-corrected chi connectivity index (χ4v) is 4.43. The molecule has 1 amide bonds. The van der Waals surface area contributed by atoms with E-state index < -0.39 is 39.2 Å². The van der Waals surface area contributed by atoms with E-state index in [1.54, 1.807) is 23.6 Å². The third kappa shape index (κ3) is 3.70. The summed E-state index contributed by atoms with van der Waals surface area (Å²) in [6.45, 7) is 0. The first-order valence-corrected chi connectivity index (χ1v) is 9.72. The highest BCUT2D eigenvalue weighted by Crippen LogP contribution is 2.44. The largest absolute Gasteiger partial charge is 0.418 e. The van der Waals surface area contributed by atoms with Crippen LogP contribution in [0.2, 0.25) is 0 Å². The van der Waals surface area contributed by atoms with E-state index >= 15 is 0 Å². The molecule has 0 fully saturated rings. The Balaban J connectivity index is 2.38. The lowest BCUT2D eigenvalue weighted by Crippen LogP contribution is -2.32. The van der Waals surface area contributed by atoms with Gasteiger partial charge in [-0.15, -0.1) is 23.2 Å². The fraction of sp³-hybridized carbons (Fsp3) is 0.294. The summed E-state index contributed by atoms with van der Waals surface area (Å²) in [4.78, 5) is 28.3. The Kier molecular flexibility index (Phi) is 5.62. The Labute approximate surface area is 172 Å². The van der Waals surface area contributed by atoms with Crippen molar-refractivity contribution in [2.45, 2.75) is 23.9 Å². The average molecular weight is 452 g/mol. The molecule has 1 aromatic heterocycles. The second kappa shape index (κ2) is 7.53. The summed E-state index contributed by atoms with van der Waals surface area (Å²) in [6.07, 6.45) is -2.33. The van der Waals surface area contributed by atoms with Crippen molar-refractivity contribution in [1.29, 1.82) is 0 Å². The van der Waals surface area contributed by atoms with Crippen molar-refractivity contribution in [1.82, 2.24) is 9.88 Å². The summed E-state index contributed by atoms with van der Waals surface area (Å²) in [5, 5.41) is 2.34. The third-order valence-corrected chi connectivity index (χ3v) is 5.64. The van der Waals surface area contributed by atoms with Gasteiger partial charge in [-0.3, -0.25) is 9.59 Å². The minimum atomic E-state index is -4.70. The van der Waals surface area contributed by atoms with Gasteiger partial charge in [0.25, 0.3) is 5.91 Å². The predicted octanol–water partition coefficient (Wildman–Crippen LogP) is 3.99. The van der Waals surface area contributed by atoms with Gasteiger partial charge in [-0.25, -0.2) is 0 Å². The molecule has 3 N–H and O–H groups in total. The lowest BCUT2D eigenvalue weighted by Gasteiger charge is -2.26. The molecule has 1 aliphatic carbocycles. The van der Waals surface area contributed by atoms with E-state index in [4.69, 9.17) is 28.9 Å². The highest BCUT2D eigenvalue weighted by atomic mass is 35.5. The molecule has 5 nitrogen and oxygen atoms in total. The van der Waals surface area contributed by atoms with Gasteiger partial charge in [0.05, 0.1) is 21.9 Å². The third-order valence-electron chi connectivity index (χ3n) is 4.32. The second-order valence-electron chi connectivity index (χ2n) is 6.13. The number of rotatable bonds is 3. The summed E-state index contributed by atoms with van der Waals surface area (Å²) in [6, 6.07) is 0. The van der Waals surface area contributed by atoms with Crippen molar-refractivity contribution >= 4 is 52.0 Å². The number of hydrogen-bond acceptors (Lipinski definition) is 4. The van der Waals surface area contributed by atoms with Gasteiger partial charge in [-0.2, -0.15) is 13.2 Å². The number of carbonyl (C=O) groups is 1. The second-order valence-corrected chi connectivity index (χ2v) is 8.31. The number of fused-ring (bicyclic) bond motifs is 1. The van der Waals surface area contributed by atoms with Crippen molar-refractivity contribution in [3.63, 3.8) is 0 Å². The lowest BCUT2D eigenvalue weighted by molar-refractivity contribution is -0.0693.